The molecule has 0 saturated heterocycles. The molecule has 57 heavy (non-hydrogen) atoms. The van der Waals surface area contributed by atoms with E-state index >= 15 is 0 Å². The first-order chi connectivity index (χ1) is 28.2. The molecule has 0 saturated carbocycles. The number of benzene rings is 9. The van der Waals surface area contributed by atoms with E-state index in [1.807, 2.05) is 36.4 Å². The molecular formula is C53H34N2O2. The topological polar surface area (TPSA) is 42.4 Å². The van der Waals surface area contributed by atoms with Gasteiger partial charge in [0, 0.05) is 38.8 Å². The highest BCUT2D eigenvalue weighted by Gasteiger charge is 2.20. The molecule has 0 aliphatic carbocycles. The fraction of sp³-hybridized carbons (Fsp3) is 0. The fourth-order valence-corrected chi connectivity index (χ4v) is 8.17. The lowest BCUT2D eigenvalue weighted by molar-refractivity contribution is 0.620. The van der Waals surface area contributed by atoms with Crippen LogP contribution in [-0.4, -0.2) is 4.98 Å². The maximum absolute atomic E-state index is 6.71. The first-order valence-corrected chi connectivity index (χ1v) is 19.2. The van der Waals surface area contributed by atoms with E-state index in [9.17, 15) is 0 Å². The highest BCUT2D eigenvalue weighted by molar-refractivity contribution is 6.22. The predicted molar refractivity (Wildman–Crippen MR) is 235 cm³/mol. The van der Waals surface area contributed by atoms with Crippen molar-refractivity contribution in [1.29, 1.82) is 0 Å². The van der Waals surface area contributed by atoms with Crippen molar-refractivity contribution in [2.75, 3.05) is 4.90 Å². The second-order valence-corrected chi connectivity index (χ2v) is 14.3. The van der Waals surface area contributed by atoms with Gasteiger partial charge in [0.1, 0.15) is 16.7 Å². The number of aromatic nitrogens is 1. The van der Waals surface area contributed by atoms with Gasteiger partial charge >= 0.3 is 0 Å². The molecule has 4 heteroatoms. The largest absolute Gasteiger partial charge is 0.455 e. The Labute approximate surface area is 329 Å². The van der Waals surface area contributed by atoms with Gasteiger partial charge in [0.2, 0.25) is 5.89 Å². The van der Waals surface area contributed by atoms with Crippen molar-refractivity contribution in [2.24, 2.45) is 0 Å². The van der Waals surface area contributed by atoms with Crippen molar-refractivity contribution in [3.63, 3.8) is 0 Å². The third-order valence-corrected chi connectivity index (χ3v) is 10.9. The van der Waals surface area contributed by atoms with Crippen LogP contribution in [0.1, 0.15) is 0 Å². The van der Waals surface area contributed by atoms with E-state index in [2.05, 4.69) is 175 Å². The molecule has 0 radical (unpaired) electrons. The van der Waals surface area contributed by atoms with Gasteiger partial charge in [-0.2, -0.15) is 0 Å². The van der Waals surface area contributed by atoms with Crippen molar-refractivity contribution in [1.82, 2.24) is 4.98 Å². The zero-order valence-corrected chi connectivity index (χ0v) is 30.8. The minimum Gasteiger partial charge on any atom is -0.455 e. The van der Waals surface area contributed by atoms with Gasteiger partial charge in [0.15, 0.2) is 5.58 Å². The number of nitrogens with zero attached hydrogens (tertiary/aromatic N) is 2. The van der Waals surface area contributed by atoms with Gasteiger partial charge in [0.05, 0.1) is 0 Å². The van der Waals surface area contributed by atoms with Crippen LogP contribution in [0.2, 0.25) is 0 Å². The Bertz CT molecular complexity index is 3200. The molecule has 0 aliphatic rings. The lowest BCUT2D eigenvalue weighted by atomic mass is 9.93. The molecule has 2 aromatic heterocycles. The summed E-state index contributed by atoms with van der Waals surface area (Å²) in [5.74, 6) is 0.615. The van der Waals surface area contributed by atoms with Crippen molar-refractivity contribution in [2.45, 2.75) is 0 Å². The van der Waals surface area contributed by atoms with Crippen molar-refractivity contribution in [3.8, 4) is 44.8 Å². The van der Waals surface area contributed by atoms with Gasteiger partial charge in [0.25, 0.3) is 0 Å². The van der Waals surface area contributed by atoms with E-state index in [1.165, 1.54) is 11.1 Å². The van der Waals surface area contributed by atoms with E-state index in [4.69, 9.17) is 13.8 Å². The van der Waals surface area contributed by atoms with Crippen LogP contribution in [0.15, 0.2) is 215 Å². The van der Waals surface area contributed by atoms with Gasteiger partial charge in [-0.05, 0) is 112 Å². The molecule has 11 rings (SSSR count). The molecule has 0 aliphatic heterocycles. The molecule has 0 N–H and O–H groups in total. The monoisotopic (exact) mass is 730 g/mol. The molecule has 268 valence electrons. The van der Waals surface area contributed by atoms with Crippen LogP contribution in [0, 0.1) is 0 Å². The Morgan fingerprint density at radius 3 is 1.65 bits per heavy atom. The van der Waals surface area contributed by atoms with Crippen LogP contribution >= 0.6 is 0 Å². The average molecular weight is 731 g/mol. The summed E-state index contributed by atoms with van der Waals surface area (Å²) >= 11 is 0. The standard InChI is InChI=1S/C53H34N2O2/c1-4-13-35(14-5-1)36-23-28-41(29-24-36)55(40-17-8-3-9-18-40)42-30-25-37(26-31-42)46-34-47-51-43(21-12-22-49(51)56-52(47)45-20-11-10-19-44(45)46)39-27-32-48-50(33-39)57-53(54-48)38-15-6-2-7-16-38/h1-34H. The number of hydrogen-bond donors (Lipinski definition) is 0. The highest BCUT2D eigenvalue weighted by Crippen LogP contribution is 2.44. The molecule has 2 heterocycles. The second kappa shape index (κ2) is 13.6. The number of rotatable bonds is 7. The molecule has 0 atom stereocenters. The minimum absolute atomic E-state index is 0.615. The van der Waals surface area contributed by atoms with Crippen LogP contribution in [0.3, 0.4) is 0 Å². The minimum atomic E-state index is 0.615. The molecule has 9 aromatic carbocycles. The Morgan fingerprint density at radius 2 is 0.930 bits per heavy atom. The van der Waals surface area contributed by atoms with Crippen LogP contribution in [0.4, 0.5) is 17.1 Å². The summed E-state index contributed by atoms with van der Waals surface area (Å²) < 4.78 is 13.0. The Morgan fingerprint density at radius 1 is 0.351 bits per heavy atom. The molecule has 0 amide bonds. The summed E-state index contributed by atoms with van der Waals surface area (Å²) in [6, 6.07) is 72.2. The zero-order chi connectivity index (χ0) is 37.7. The second-order valence-electron chi connectivity index (χ2n) is 14.3. The SMILES string of the molecule is c1ccc(-c2ccc(N(c3ccccc3)c3ccc(-c4cc5c(oc6cccc(-c7ccc8nc(-c9ccccc9)oc8c7)c65)c5ccccc45)cc3)cc2)cc1. The first-order valence-electron chi connectivity index (χ1n) is 19.2. The van der Waals surface area contributed by atoms with Gasteiger partial charge < -0.3 is 13.7 Å². The summed E-state index contributed by atoms with van der Waals surface area (Å²) in [4.78, 5) is 7.09. The van der Waals surface area contributed by atoms with E-state index in [1.54, 1.807) is 0 Å². The summed E-state index contributed by atoms with van der Waals surface area (Å²) in [5.41, 5.74) is 14.3. The Hall–Kier alpha value is -7.69. The van der Waals surface area contributed by atoms with Crippen LogP contribution < -0.4 is 4.90 Å². The summed E-state index contributed by atoms with van der Waals surface area (Å²) in [6.45, 7) is 0. The predicted octanol–water partition coefficient (Wildman–Crippen LogP) is 15.0. The third-order valence-electron chi connectivity index (χ3n) is 10.9. The Balaban J connectivity index is 1.02. The van der Waals surface area contributed by atoms with Gasteiger partial charge in [-0.15, -0.1) is 0 Å². The smallest absolute Gasteiger partial charge is 0.227 e. The molecular weight excluding hydrogens is 697 g/mol. The highest BCUT2D eigenvalue weighted by atomic mass is 16.3. The molecule has 11 aromatic rings. The number of furan rings is 1. The van der Waals surface area contributed by atoms with Gasteiger partial charge in [-0.1, -0.05) is 133 Å². The maximum Gasteiger partial charge on any atom is 0.227 e. The molecule has 0 unspecified atom stereocenters. The number of oxazole rings is 1. The lowest BCUT2D eigenvalue weighted by Crippen LogP contribution is -2.09. The fourth-order valence-electron chi connectivity index (χ4n) is 8.17. The first kappa shape index (κ1) is 32.7. The van der Waals surface area contributed by atoms with Crippen molar-refractivity contribution >= 4 is 60.9 Å². The summed E-state index contributed by atoms with van der Waals surface area (Å²) in [7, 11) is 0. The lowest BCUT2D eigenvalue weighted by Gasteiger charge is -2.26. The quantitative estimate of drug-likeness (QED) is 0.164. The van der Waals surface area contributed by atoms with E-state index < -0.39 is 0 Å². The molecule has 0 fully saturated rings. The number of para-hydroxylation sites is 1. The number of fused-ring (bicyclic) bond motifs is 6. The number of anilines is 3. The van der Waals surface area contributed by atoms with E-state index in [-0.39, 0.29) is 0 Å². The normalized spacial score (nSPS) is 11.5. The third kappa shape index (κ3) is 5.74. The molecule has 0 spiro atoms. The zero-order valence-electron chi connectivity index (χ0n) is 30.8. The summed E-state index contributed by atoms with van der Waals surface area (Å²) in [5, 5.41) is 4.38. The van der Waals surface area contributed by atoms with Gasteiger partial charge in [-0.25, -0.2) is 4.98 Å². The molecule has 4 nitrogen and oxygen atoms in total. The van der Waals surface area contributed by atoms with Crippen molar-refractivity contribution in [3.05, 3.63) is 206 Å². The average Bonchev–Trinajstić information content (AvgIpc) is 3.90. The van der Waals surface area contributed by atoms with E-state index in [0.717, 1.165) is 88.7 Å². The van der Waals surface area contributed by atoms with Crippen LogP contribution in [0.25, 0.3) is 88.6 Å². The number of hydrogen-bond acceptors (Lipinski definition) is 4. The Kier molecular flexibility index (Phi) is 7.78. The molecule has 0 bridgehead atoms. The maximum atomic E-state index is 6.71. The van der Waals surface area contributed by atoms with E-state index in [0.29, 0.717) is 5.89 Å². The van der Waals surface area contributed by atoms with Crippen LogP contribution in [0.5, 0.6) is 0 Å². The van der Waals surface area contributed by atoms with Crippen LogP contribution in [-0.2, 0) is 0 Å². The van der Waals surface area contributed by atoms with Gasteiger partial charge in [-0.3, -0.25) is 0 Å². The summed E-state index contributed by atoms with van der Waals surface area (Å²) in [6.07, 6.45) is 0. The van der Waals surface area contributed by atoms with Crippen molar-refractivity contribution < 1.29 is 8.83 Å².